The molecule has 0 bridgehead atoms. The summed E-state index contributed by atoms with van der Waals surface area (Å²) in [5.74, 6) is -0.482. The van der Waals surface area contributed by atoms with Gasteiger partial charge in [-0.1, -0.05) is 42.0 Å². The Morgan fingerprint density at radius 3 is 2.41 bits per heavy atom. The number of hydrogen-bond donors (Lipinski definition) is 2. The second-order valence-corrected chi connectivity index (χ2v) is 7.74. The summed E-state index contributed by atoms with van der Waals surface area (Å²) in [7, 11) is 0. The number of benzene rings is 2. The van der Waals surface area contributed by atoms with Crippen LogP contribution < -0.4 is 10.1 Å². The third-order valence-electron chi connectivity index (χ3n) is 5.19. The average Bonchev–Trinajstić information content (AvgIpc) is 3.19. The minimum atomic E-state index is -0.835. The summed E-state index contributed by atoms with van der Waals surface area (Å²) < 4.78 is 5.83. The first kappa shape index (κ1) is 20.7. The van der Waals surface area contributed by atoms with Gasteiger partial charge in [0.1, 0.15) is 12.4 Å². The number of aryl methyl sites for hydroxylation is 1. The number of hydrogen-bond acceptors (Lipinski definition) is 3. The van der Waals surface area contributed by atoms with E-state index in [0.717, 1.165) is 16.9 Å². The number of carbonyl (C=O) groups excluding carboxylic acids is 1. The van der Waals surface area contributed by atoms with Crippen molar-refractivity contribution in [3.8, 4) is 5.75 Å². The highest BCUT2D eigenvalue weighted by atomic mass is 16.5. The molecule has 2 N–H and O–H groups in total. The van der Waals surface area contributed by atoms with Gasteiger partial charge in [-0.25, -0.2) is 4.79 Å². The van der Waals surface area contributed by atoms with Crippen molar-refractivity contribution in [3.05, 3.63) is 65.2 Å². The van der Waals surface area contributed by atoms with Gasteiger partial charge in [0.2, 0.25) is 0 Å². The van der Waals surface area contributed by atoms with E-state index in [1.807, 2.05) is 31.2 Å². The Morgan fingerprint density at radius 1 is 1.14 bits per heavy atom. The van der Waals surface area contributed by atoms with Crippen molar-refractivity contribution < 1.29 is 19.4 Å². The molecule has 0 spiro atoms. The summed E-state index contributed by atoms with van der Waals surface area (Å²) in [4.78, 5) is 24.9. The van der Waals surface area contributed by atoms with Crippen LogP contribution in [0.4, 0.5) is 4.79 Å². The Balaban J connectivity index is 1.44. The molecule has 1 fully saturated rings. The number of aliphatic carboxylic acids is 1. The van der Waals surface area contributed by atoms with Gasteiger partial charge in [-0.15, -0.1) is 0 Å². The van der Waals surface area contributed by atoms with Crippen molar-refractivity contribution in [2.45, 2.75) is 39.3 Å². The molecular formula is C23H28N2O4. The fourth-order valence-corrected chi connectivity index (χ4v) is 3.43. The zero-order chi connectivity index (χ0) is 20.8. The zero-order valence-corrected chi connectivity index (χ0v) is 16.9. The van der Waals surface area contributed by atoms with Crippen LogP contribution >= 0.6 is 0 Å². The van der Waals surface area contributed by atoms with Crippen LogP contribution in [0.2, 0.25) is 0 Å². The predicted molar refractivity (Wildman–Crippen MR) is 111 cm³/mol. The number of rotatable bonds is 7. The number of carboxylic acid groups (broad SMARTS) is 1. The van der Waals surface area contributed by atoms with Crippen molar-refractivity contribution in [2.24, 2.45) is 5.92 Å². The van der Waals surface area contributed by atoms with E-state index in [4.69, 9.17) is 9.84 Å². The number of urea groups is 1. The van der Waals surface area contributed by atoms with Crippen LogP contribution in [0.5, 0.6) is 5.75 Å². The number of carboxylic acids is 1. The van der Waals surface area contributed by atoms with Crippen LogP contribution in [0.3, 0.4) is 0 Å². The Kier molecular flexibility index (Phi) is 6.75. The third-order valence-corrected chi connectivity index (χ3v) is 5.19. The predicted octanol–water partition coefficient (Wildman–Crippen LogP) is 3.62. The quantitative estimate of drug-likeness (QED) is 0.749. The minimum absolute atomic E-state index is 0.0503. The number of nitrogens with zero attached hydrogens (tertiary/aromatic N) is 1. The van der Waals surface area contributed by atoms with Gasteiger partial charge in [0.25, 0.3) is 0 Å². The molecule has 2 amide bonds. The number of likely N-dealkylation sites (tertiary alicyclic amines) is 1. The molecule has 2 atom stereocenters. The minimum Gasteiger partial charge on any atom is -0.489 e. The lowest BCUT2D eigenvalue weighted by Gasteiger charge is -2.21. The van der Waals surface area contributed by atoms with Crippen LogP contribution in [0.1, 0.15) is 30.0 Å². The summed E-state index contributed by atoms with van der Waals surface area (Å²) in [6, 6.07) is 15.9. The van der Waals surface area contributed by atoms with Gasteiger partial charge in [-0.2, -0.15) is 0 Å². The molecule has 1 aliphatic rings. The molecular weight excluding hydrogens is 368 g/mol. The first-order valence-corrected chi connectivity index (χ1v) is 9.96. The topological polar surface area (TPSA) is 78.9 Å². The molecule has 6 heteroatoms. The lowest BCUT2D eigenvalue weighted by Crippen LogP contribution is -2.43. The fourth-order valence-electron chi connectivity index (χ4n) is 3.43. The van der Waals surface area contributed by atoms with Crippen molar-refractivity contribution in [1.82, 2.24) is 10.2 Å². The normalized spacial score (nSPS) is 17.0. The molecule has 0 saturated carbocycles. The highest BCUT2D eigenvalue weighted by Crippen LogP contribution is 2.18. The van der Waals surface area contributed by atoms with E-state index in [1.165, 1.54) is 5.56 Å². The van der Waals surface area contributed by atoms with Gasteiger partial charge in [0, 0.05) is 19.1 Å². The molecule has 2 aromatic rings. The summed E-state index contributed by atoms with van der Waals surface area (Å²) in [5.41, 5.74) is 3.46. The van der Waals surface area contributed by atoms with Gasteiger partial charge in [-0.05, 0) is 49.9 Å². The second-order valence-electron chi connectivity index (χ2n) is 7.74. The number of amides is 2. The molecule has 0 aromatic heterocycles. The van der Waals surface area contributed by atoms with Crippen LogP contribution in [-0.2, 0) is 17.8 Å². The average molecular weight is 396 g/mol. The maximum atomic E-state index is 12.3. The lowest BCUT2D eigenvalue weighted by atomic mass is 10.1. The van der Waals surface area contributed by atoms with Crippen LogP contribution in [0, 0.1) is 12.8 Å². The summed E-state index contributed by atoms with van der Waals surface area (Å²) in [5, 5.41) is 12.0. The Bertz CT molecular complexity index is 833. The zero-order valence-electron chi connectivity index (χ0n) is 16.9. The van der Waals surface area contributed by atoms with Crippen LogP contribution in [-0.4, -0.2) is 41.1 Å². The summed E-state index contributed by atoms with van der Waals surface area (Å²) in [6.45, 7) is 5.30. The van der Waals surface area contributed by atoms with Crippen molar-refractivity contribution in [1.29, 1.82) is 0 Å². The SMILES string of the molecule is Cc1ccc(COc2ccc(CC(C)NC(=O)N3CCC(C(=O)O)C3)cc2)cc1. The Morgan fingerprint density at radius 2 is 1.79 bits per heavy atom. The van der Waals surface area contributed by atoms with Crippen molar-refractivity contribution >= 4 is 12.0 Å². The molecule has 2 unspecified atom stereocenters. The second kappa shape index (κ2) is 9.45. The Labute approximate surface area is 171 Å². The highest BCUT2D eigenvalue weighted by molar-refractivity contribution is 5.77. The molecule has 6 nitrogen and oxygen atoms in total. The van der Waals surface area contributed by atoms with Gasteiger partial charge < -0.3 is 20.1 Å². The van der Waals surface area contributed by atoms with E-state index in [-0.39, 0.29) is 18.6 Å². The molecule has 1 heterocycles. The molecule has 0 radical (unpaired) electrons. The molecule has 0 aliphatic carbocycles. The molecule has 1 aliphatic heterocycles. The first-order valence-electron chi connectivity index (χ1n) is 9.96. The molecule has 1 saturated heterocycles. The van der Waals surface area contributed by atoms with E-state index in [2.05, 4.69) is 36.5 Å². The third kappa shape index (κ3) is 5.98. The van der Waals surface area contributed by atoms with Gasteiger partial charge in [0.05, 0.1) is 5.92 Å². The number of ether oxygens (including phenoxy) is 1. The van der Waals surface area contributed by atoms with E-state index in [9.17, 15) is 9.59 Å². The summed E-state index contributed by atoms with van der Waals surface area (Å²) >= 11 is 0. The van der Waals surface area contributed by atoms with Gasteiger partial charge in [-0.3, -0.25) is 4.79 Å². The van der Waals surface area contributed by atoms with Crippen LogP contribution in [0.15, 0.2) is 48.5 Å². The largest absolute Gasteiger partial charge is 0.489 e. The highest BCUT2D eigenvalue weighted by Gasteiger charge is 2.31. The van der Waals surface area contributed by atoms with Crippen LogP contribution in [0.25, 0.3) is 0 Å². The monoisotopic (exact) mass is 396 g/mol. The van der Waals surface area contributed by atoms with E-state index >= 15 is 0 Å². The summed E-state index contributed by atoms with van der Waals surface area (Å²) in [6.07, 6.45) is 1.21. The van der Waals surface area contributed by atoms with Gasteiger partial charge in [0.15, 0.2) is 0 Å². The van der Waals surface area contributed by atoms with Crippen molar-refractivity contribution in [3.63, 3.8) is 0 Å². The Hall–Kier alpha value is -3.02. The van der Waals surface area contributed by atoms with Gasteiger partial charge >= 0.3 is 12.0 Å². The number of carbonyl (C=O) groups is 2. The van der Waals surface area contributed by atoms with E-state index in [0.29, 0.717) is 26.0 Å². The smallest absolute Gasteiger partial charge is 0.317 e. The molecule has 3 rings (SSSR count). The molecule has 154 valence electrons. The maximum absolute atomic E-state index is 12.3. The first-order chi connectivity index (χ1) is 13.9. The fraction of sp³-hybridized carbons (Fsp3) is 0.391. The number of nitrogens with one attached hydrogen (secondary N) is 1. The van der Waals surface area contributed by atoms with E-state index in [1.54, 1.807) is 4.90 Å². The van der Waals surface area contributed by atoms with E-state index < -0.39 is 11.9 Å². The standard InChI is InChI=1S/C23H28N2O4/c1-16-3-5-19(6-4-16)15-29-21-9-7-18(8-10-21)13-17(2)24-23(28)25-12-11-20(14-25)22(26)27/h3-10,17,20H,11-15H2,1-2H3,(H,24,28)(H,26,27). The lowest BCUT2D eigenvalue weighted by molar-refractivity contribution is -0.141. The molecule has 29 heavy (non-hydrogen) atoms. The van der Waals surface area contributed by atoms with Crippen molar-refractivity contribution in [2.75, 3.05) is 13.1 Å². The maximum Gasteiger partial charge on any atom is 0.317 e. The molecule has 2 aromatic carbocycles.